The van der Waals surface area contributed by atoms with Gasteiger partial charge < -0.3 is 9.47 Å². The van der Waals surface area contributed by atoms with Gasteiger partial charge in [0, 0.05) is 38.3 Å². The van der Waals surface area contributed by atoms with Gasteiger partial charge in [-0.2, -0.15) is 4.31 Å². The first-order chi connectivity index (χ1) is 12.9. The maximum absolute atomic E-state index is 13.4. The topological polar surface area (TPSA) is 59.1 Å². The molecule has 1 atom stereocenters. The quantitative estimate of drug-likeness (QED) is 0.769. The molecule has 3 aliphatic heterocycles. The maximum atomic E-state index is 13.4. The summed E-state index contributed by atoms with van der Waals surface area (Å²) in [6, 6.07) is 2.74. The molecule has 0 N–H and O–H groups in total. The van der Waals surface area contributed by atoms with Gasteiger partial charge in [-0.3, -0.25) is 4.90 Å². The van der Waals surface area contributed by atoms with E-state index >= 15 is 0 Å². The second-order valence-corrected chi connectivity index (χ2v) is 9.45. The summed E-state index contributed by atoms with van der Waals surface area (Å²) in [5.41, 5.74) is -0.303. The van der Waals surface area contributed by atoms with Crippen molar-refractivity contribution in [2.45, 2.75) is 35.8 Å². The van der Waals surface area contributed by atoms with Crippen molar-refractivity contribution in [1.82, 2.24) is 9.21 Å². The molecule has 9 heteroatoms. The van der Waals surface area contributed by atoms with Gasteiger partial charge in [0.15, 0.2) is 0 Å². The Bertz CT molecular complexity index is 770. The largest absolute Gasteiger partial charge is 0.379 e. The summed E-state index contributed by atoms with van der Waals surface area (Å²) < 4.78 is 65.2. The number of rotatable bonds is 3. The zero-order valence-electron chi connectivity index (χ0n) is 15.1. The van der Waals surface area contributed by atoms with Crippen LogP contribution in [0.2, 0.25) is 0 Å². The third kappa shape index (κ3) is 3.88. The van der Waals surface area contributed by atoms with Crippen LogP contribution in [0.5, 0.6) is 0 Å². The molecule has 6 nitrogen and oxygen atoms in total. The molecule has 0 aliphatic carbocycles. The van der Waals surface area contributed by atoms with Crippen molar-refractivity contribution in [3.05, 3.63) is 29.8 Å². The highest BCUT2D eigenvalue weighted by atomic mass is 32.2. The Balaban J connectivity index is 1.41. The van der Waals surface area contributed by atoms with E-state index in [-0.39, 0.29) is 23.6 Å². The third-order valence-electron chi connectivity index (χ3n) is 5.86. The average Bonchev–Trinajstić information content (AvgIpc) is 3.06. The average molecular weight is 402 g/mol. The second-order valence-electron chi connectivity index (χ2n) is 7.51. The van der Waals surface area contributed by atoms with Gasteiger partial charge in [-0.05, 0) is 31.4 Å². The van der Waals surface area contributed by atoms with Crippen LogP contribution in [0, 0.1) is 11.6 Å². The molecule has 0 bridgehead atoms. The van der Waals surface area contributed by atoms with Crippen LogP contribution in [0.25, 0.3) is 0 Å². The third-order valence-corrected chi connectivity index (χ3v) is 7.74. The number of ether oxygens (including phenoxy) is 2. The summed E-state index contributed by atoms with van der Waals surface area (Å²) in [6.45, 7) is 4.50. The lowest BCUT2D eigenvalue weighted by atomic mass is 9.88. The summed E-state index contributed by atoms with van der Waals surface area (Å²) >= 11 is 0. The summed E-state index contributed by atoms with van der Waals surface area (Å²) in [4.78, 5) is 2.05. The number of piperidine rings is 1. The number of benzene rings is 1. The molecule has 0 amide bonds. The van der Waals surface area contributed by atoms with Gasteiger partial charge in [-0.25, -0.2) is 17.2 Å². The highest BCUT2D eigenvalue weighted by Gasteiger charge is 2.46. The summed E-state index contributed by atoms with van der Waals surface area (Å²) in [6.07, 6.45) is 2.06. The first-order valence-electron chi connectivity index (χ1n) is 9.30. The Morgan fingerprint density at radius 3 is 2.26 bits per heavy atom. The van der Waals surface area contributed by atoms with E-state index in [1.807, 2.05) is 0 Å². The van der Waals surface area contributed by atoms with Crippen LogP contribution >= 0.6 is 0 Å². The Hall–Kier alpha value is -1.13. The molecule has 1 aromatic rings. The Morgan fingerprint density at radius 2 is 1.63 bits per heavy atom. The van der Waals surface area contributed by atoms with Crippen molar-refractivity contribution in [1.29, 1.82) is 0 Å². The SMILES string of the molecule is O=S(=O)(c1cc(F)cc(F)c1)N1CCC2(CC1)CC(N1CCOCC1)CO2. The smallest absolute Gasteiger partial charge is 0.243 e. The molecule has 1 unspecified atom stereocenters. The maximum Gasteiger partial charge on any atom is 0.243 e. The van der Waals surface area contributed by atoms with Crippen molar-refractivity contribution in [3.8, 4) is 0 Å². The van der Waals surface area contributed by atoms with Crippen molar-refractivity contribution >= 4 is 10.0 Å². The predicted octanol–water partition coefficient (Wildman–Crippen LogP) is 1.61. The summed E-state index contributed by atoms with van der Waals surface area (Å²) in [7, 11) is -3.92. The van der Waals surface area contributed by atoms with Crippen molar-refractivity contribution in [2.24, 2.45) is 0 Å². The van der Waals surface area contributed by atoms with Crippen LogP contribution in [0.3, 0.4) is 0 Å². The van der Waals surface area contributed by atoms with Crippen LogP contribution in [0.15, 0.2) is 23.1 Å². The normalized spacial score (nSPS) is 27.3. The standard InChI is InChI=1S/C18H24F2N2O4S/c19-14-9-15(20)11-17(10-14)27(23,24)22-3-1-18(2-4-22)12-16(13-26-18)21-5-7-25-8-6-21/h9-11,16H,1-8,12-13H2. The van der Waals surface area contributed by atoms with Crippen molar-refractivity contribution in [2.75, 3.05) is 46.0 Å². The van der Waals surface area contributed by atoms with Crippen LogP contribution in [0.1, 0.15) is 19.3 Å². The fourth-order valence-corrected chi connectivity index (χ4v) is 5.79. The van der Waals surface area contributed by atoms with Crippen molar-refractivity contribution in [3.63, 3.8) is 0 Å². The zero-order valence-corrected chi connectivity index (χ0v) is 15.9. The molecule has 1 aromatic carbocycles. The Labute approximate surface area is 158 Å². The van der Waals surface area contributed by atoms with E-state index in [0.717, 1.165) is 44.9 Å². The zero-order chi connectivity index (χ0) is 19.1. The molecule has 3 fully saturated rings. The molecule has 3 aliphatic rings. The summed E-state index contributed by atoms with van der Waals surface area (Å²) in [5, 5.41) is 0. The number of morpholine rings is 1. The number of nitrogens with zero attached hydrogens (tertiary/aromatic N) is 2. The van der Waals surface area contributed by atoms with Crippen LogP contribution < -0.4 is 0 Å². The lowest BCUT2D eigenvalue weighted by Crippen LogP contribution is -2.48. The number of halogens is 2. The fraction of sp³-hybridized carbons (Fsp3) is 0.667. The molecular weight excluding hydrogens is 378 g/mol. The van der Waals surface area contributed by atoms with Gasteiger partial charge >= 0.3 is 0 Å². The lowest BCUT2D eigenvalue weighted by Gasteiger charge is -2.38. The number of hydrogen-bond acceptors (Lipinski definition) is 5. The molecule has 4 rings (SSSR count). The first-order valence-corrected chi connectivity index (χ1v) is 10.7. The minimum absolute atomic E-state index is 0.288. The lowest BCUT2D eigenvalue weighted by molar-refractivity contribution is -0.0328. The minimum Gasteiger partial charge on any atom is -0.379 e. The monoisotopic (exact) mass is 402 g/mol. The van der Waals surface area contributed by atoms with E-state index in [1.54, 1.807) is 0 Å². The van der Waals surface area contributed by atoms with E-state index in [0.29, 0.717) is 31.6 Å². The fourth-order valence-electron chi connectivity index (χ4n) is 4.31. The minimum atomic E-state index is -3.92. The molecular formula is C18H24F2N2O4S. The number of hydrogen-bond donors (Lipinski definition) is 0. The molecule has 1 spiro atoms. The van der Waals surface area contributed by atoms with Gasteiger partial charge in [0.1, 0.15) is 11.6 Å². The van der Waals surface area contributed by atoms with E-state index in [2.05, 4.69) is 4.90 Å². The Morgan fingerprint density at radius 1 is 1.00 bits per heavy atom. The second kappa shape index (κ2) is 7.36. The molecule has 3 saturated heterocycles. The predicted molar refractivity (Wildman–Crippen MR) is 93.8 cm³/mol. The van der Waals surface area contributed by atoms with E-state index < -0.39 is 21.7 Å². The molecule has 3 heterocycles. The highest BCUT2D eigenvalue weighted by molar-refractivity contribution is 7.89. The molecule has 0 saturated carbocycles. The van der Waals surface area contributed by atoms with Gasteiger partial charge in [0.2, 0.25) is 10.0 Å². The van der Waals surface area contributed by atoms with Gasteiger partial charge in [-0.1, -0.05) is 0 Å². The van der Waals surface area contributed by atoms with Crippen molar-refractivity contribution < 1.29 is 26.7 Å². The molecule has 27 heavy (non-hydrogen) atoms. The number of sulfonamides is 1. The van der Waals surface area contributed by atoms with E-state index in [4.69, 9.17) is 9.47 Å². The molecule has 150 valence electrons. The summed E-state index contributed by atoms with van der Waals surface area (Å²) in [5.74, 6) is -1.79. The van der Waals surface area contributed by atoms with E-state index in [1.165, 1.54) is 4.31 Å². The Kier molecular flexibility index (Phi) is 5.24. The van der Waals surface area contributed by atoms with Crippen LogP contribution in [-0.2, 0) is 19.5 Å². The van der Waals surface area contributed by atoms with E-state index in [9.17, 15) is 17.2 Å². The molecule has 0 radical (unpaired) electrons. The molecule has 0 aromatic heterocycles. The van der Waals surface area contributed by atoms with Crippen LogP contribution in [0.4, 0.5) is 8.78 Å². The highest BCUT2D eigenvalue weighted by Crippen LogP contribution is 2.39. The van der Waals surface area contributed by atoms with Gasteiger partial charge in [0.05, 0.1) is 30.3 Å². The van der Waals surface area contributed by atoms with Gasteiger partial charge in [-0.15, -0.1) is 0 Å². The van der Waals surface area contributed by atoms with Crippen LogP contribution in [-0.4, -0.2) is 75.3 Å². The first kappa shape index (κ1) is 19.2. The van der Waals surface area contributed by atoms with Gasteiger partial charge in [0.25, 0.3) is 0 Å².